The lowest BCUT2D eigenvalue weighted by atomic mass is 9.95. The number of halogens is 2. The highest BCUT2D eigenvalue weighted by Crippen LogP contribution is 2.35. The smallest absolute Gasteiger partial charge is 0.317 e. The molecule has 0 saturated carbocycles. The number of esters is 1. The van der Waals surface area contributed by atoms with Gasteiger partial charge in [-0.2, -0.15) is 15.0 Å². The maximum absolute atomic E-state index is 14.0. The number of rotatable bonds is 4. The topological polar surface area (TPSA) is 115 Å². The van der Waals surface area contributed by atoms with E-state index in [9.17, 15) is 19.4 Å². The largest absolute Gasteiger partial charge is 0.493 e. The van der Waals surface area contributed by atoms with Crippen molar-refractivity contribution in [3.63, 3.8) is 0 Å². The molecule has 0 amide bonds. The molecule has 0 aliphatic carbocycles. The Morgan fingerprint density at radius 2 is 1.96 bits per heavy atom. The van der Waals surface area contributed by atoms with Gasteiger partial charge < -0.3 is 19.7 Å². The molecule has 2 aromatic heterocycles. The first kappa shape index (κ1) is 16.9. The lowest BCUT2D eigenvalue weighted by molar-refractivity contribution is -0.152. The van der Waals surface area contributed by atoms with E-state index in [1.807, 2.05) is 0 Å². The fourth-order valence-electron chi connectivity index (χ4n) is 1.77. The molecule has 0 saturated heterocycles. The van der Waals surface area contributed by atoms with Crippen LogP contribution >= 0.6 is 11.6 Å². The van der Waals surface area contributed by atoms with Crippen LogP contribution in [0.4, 0.5) is 4.39 Å². The molecule has 124 valence electrons. The van der Waals surface area contributed by atoms with E-state index in [0.29, 0.717) is 0 Å². The fourth-order valence-corrected chi connectivity index (χ4v) is 1.94. The van der Waals surface area contributed by atoms with E-state index in [0.717, 1.165) is 0 Å². The van der Waals surface area contributed by atoms with Crippen LogP contribution in [-0.2, 0) is 9.53 Å². The highest BCUT2D eigenvalue weighted by molar-refractivity contribution is 6.30. The summed E-state index contributed by atoms with van der Waals surface area (Å²) >= 11 is 5.66. The van der Waals surface area contributed by atoms with E-state index in [2.05, 4.69) is 19.7 Å². The van der Waals surface area contributed by atoms with Crippen molar-refractivity contribution in [3.05, 3.63) is 11.0 Å². The first-order chi connectivity index (χ1) is 10.7. The van der Waals surface area contributed by atoms with Gasteiger partial charge in [0.25, 0.3) is 0 Å². The van der Waals surface area contributed by atoms with Crippen molar-refractivity contribution >= 4 is 28.5 Å². The number of nitrogens with zero attached hydrogens (tertiary/aromatic N) is 3. The quantitative estimate of drug-likeness (QED) is 0.636. The number of carbonyl (C=O) groups is 1. The van der Waals surface area contributed by atoms with Gasteiger partial charge in [0.2, 0.25) is 11.8 Å². The van der Waals surface area contributed by atoms with Crippen LogP contribution in [0.15, 0.2) is 0 Å². The number of pyridine rings is 1. The number of methoxy groups -OCH3 is 1. The van der Waals surface area contributed by atoms with Gasteiger partial charge >= 0.3 is 12.0 Å². The summed E-state index contributed by atoms with van der Waals surface area (Å²) in [4.78, 5) is 22.1. The van der Waals surface area contributed by atoms with Gasteiger partial charge in [0.15, 0.2) is 11.0 Å². The molecule has 2 heterocycles. The molecule has 23 heavy (non-hydrogen) atoms. The van der Waals surface area contributed by atoms with Gasteiger partial charge in [-0.25, -0.2) is 4.39 Å². The summed E-state index contributed by atoms with van der Waals surface area (Å²) in [7, 11) is 1.23. The van der Waals surface area contributed by atoms with Crippen molar-refractivity contribution in [2.24, 2.45) is 5.41 Å². The minimum Gasteiger partial charge on any atom is -0.493 e. The van der Waals surface area contributed by atoms with Gasteiger partial charge in [-0.3, -0.25) is 4.79 Å². The summed E-state index contributed by atoms with van der Waals surface area (Å²) in [5, 5.41) is 18.2. The number of hydrogen-bond acceptors (Lipinski definition) is 8. The molecular weight excluding hydrogens is 333 g/mol. The Kier molecular flexibility index (Phi) is 4.42. The van der Waals surface area contributed by atoms with E-state index in [1.54, 1.807) is 13.8 Å². The van der Waals surface area contributed by atoms with E-state index in [4.69, 9.17) is 16.3 Å². The molecule has 2 aromatic rings. The molecule has 0 aliphatic rings. The maximum atomic E-state index is 14.0. The molecule has 0 radical (unpaired) electrons. The molecule has 2 rings (SSSR count). The summed E-state index contributed by atoms with van der Waals surface area (Å²) < 4.78 is 24.0. The van der Waals surface area contributed by atoms with Crippen LogP contribution < -0.4 is 4.74 Å². The number of hydrogen-bond donors (Lipinski definition) is 2. The summed E-state index contributed by atoms with van der Waals surface area (Å²) in [6, 6.07) is -0.836. The standard InChI is InChI=1S/C13H13ClFN3O5/c1-13(2,11(20)22-3)4-23-10-5-7(6(15)8(14)17-10)16-12(21)18-9(5)19/h4H2,1-3H3,(H2,16,18,19,21). The molecule has 0 unspecified atom stereocenters. The third kappa shape index (κ3) is 3.19. The van der Waals surface area contributed by atoms with Crippen LogP contribution in [0, 0.1) is 11.2 Å². The molecule has 8 nitrogen and oxygen atoms in total. The van der Waals surface area contributed by atoms with Crippen molar-refractivity contribution in [2.45, 2.75) is 13.8 Å². The zero-order valence-electron chi connectivity index (χ0n) is 12.4. The van der Waals surface area contributed by atoms with E-state index < -0.39 is 39.8 Å². The lowest BCUT2D eigenvalue weighted by Gasteiger charge is -2.21. The SMILES string of the molecule is COC(=O)C(C)(C)COc1nc(Cl)c(F)c2nc(O)nc(O)c12. The summed E-state index contributed by atoms with van der Waals surface area (Å²) in [6.07, 6.45) is 0. The molecular formula is C13H13ClFN3O5. The second-order valence-corrected chi connectivity index (χ2v) is 5.61. The minimum atomic E-state index is -1.05. The second kappa shape index (κ2) is 5.99. The van der Waals surface area contributed by atoms with Crippen molar-refractivity contribution in [3.8, 4) is 17.8 Å². The number of aromatic hydroxyl groups is 2. The Balaban J connectivity index is 2.50. The highest BCUT2D eigenvalue weighted by atomic mass is 35.5. The Labute approximate surface area is 134 Å². The van der Waals surface area contributed by atoms with Crippen LogP contribution in [0.3, 0.4) is 0 Å². The summed E-state index contributed by atoms with van der Waals surface area (Å²) in [5.41, 5.74) is -1.49. The highest BCUT2D eigenvalue weighted by Gasteiger charge is 2.31. The number of aromatic nitrogens is 3. The molecule has 0 bridgehead atoms. The Hall–Kier alpha value is -2.42. The summed E-state index contributed by atoms with van der Waals surface area (Å²) in [5.74, 6) is -2.59. The Bertz CT molecular complexity index is 784. The predicted molar refractivity (Wildman–Crippen MR) is 76.9 cm³/mol. The number of fused-ring (bicyclic) bond motifs is 1. The van der Waals surface area contributed by atoms with Crippen LogP contribution in [0.5, 0.6) is 17.8 Å². The van der Waals surface area contributed by atoms with Gasteiger partial charge in [0, 0.05) is 0 Å². The second-order valence-electron chi connectivity index (χ2n) is 5.26. The molecule has 0 spiro atoms. The molecule has 2 N–H and O–H groups in total. The van der Waals surface area contributed by atoms with Crippen molar-refractivity contribution in [1.29, 1.82) is 0 Å². The van der Waals surface area contributed by atoms with Gasteiger partial charge in [-0.05, 0) is 13.8 Å². The fraction of sp³-hybridized carbons (Fsp3) is 0.385. The zero-order chi connectivity index (χ0) is 17.4. The summed E-state index contributed by atoms with van der Waals surface area (Å²) in [6.45, 7) is 2.94. The van der Waals surface area contributed by atoms with Crippen LogP contribution in [0.2, 0.25) is 5.15 Å². The van der Waals surface area contributed by atoms with Crippen LogP contribution in [0.25, 0.3) is 10.9 Å². The predicted octanol–water partition coefficient (Wildman–Crippen LogP) is 1.81. The molecule has 0 aliphatic heterocycles. The first-order valence-corrected chi connectivity index (χ1v) is 6.71. The van der Waals surface area contributed by atoms with Crippen molar-refractivity contribution in [2.75, 3.05) is 13.7 Å². The normalized spacial score (nSPS) is 11.5. The molecule has 0 aromatic carbocycles. The first-order valence-electron chi connectivity index (χ1n) is 6.33. The lowest BCUT2D eigenvalue weighted by Crippen LogP contribution is -2.32. The minimum absolute atomic E-state index is 0.190. The average Bonchev–Trinajstić information content (AvgIpc) is 2.48. The average molecular weight is 346 g/mol. The van der Waals surface area contributed by atoms with E-state index >= 15 is 0 Å². The number of ether oxygens (including phenoxy) is 2. The van der Waals surface area contributed by atoms with Crippen LogP contribution in [0.1, 0.15) is 13.8 Å². The van der Waals surface area contributed by atoms with Crippen molar-refractivity contribution in [1.82, 2.24) is 15.0 Å². The van der Waals surface area contributed by atoms with Gasteiger partial charge in [0.1, 0.15) is 17.5 Å². The van der Waals surface area contributed by atoms with Gasteiger partial charge in [-0.15, -0.1) is 0 Å². The van der Waals surface area contributed by atoms with Crippen molar-refractivity contribution < 1.29 is 28.9 Å². The monoisotopic (exact) mass is 345 g/mol. The Morgan fingerprint density at radius 1 is 1.30 bits per heavy atom. The third-order valence-electron chi connectivity index (χ3n) is 2.99. The van der Waals surface area contributed by atoms with Gasteiger partial charge in [-0.1, -0.05) is 11.6 Å². The van der Waals surface area contributed by atoms with E-state index in [1.165, 1.54) is 7.11 Å². The Morgan fingerprint density at radius 3 is 2.57 bits per heavy atom. The molecule has 0 atom stereocenters. The third-order valence-corrected chi connectivity index (χ3v) is 3.24. The maximum Gasteiger partial charge on any atom is 0.317 e. The van der Waals surface area contributed by atoms with Crippen LogP contribution in [-0.4, -0.2) is 44.9 Å². The molecule has 10 heteroatoms. The number of carbonyl (C=O) groups excluding carboxylic acids is 1. The van der Waals surface area contributed by atoms with E-state index in [-0.39, 0.29) is 17.9 Å². The zero-order valence-corrected chi connectivity index (χ0v) is 13.2. The molecule has 0 fully saturated rings. The van der Waals surface area contributed by atoms with Gasteiger partial charge in [0.05, 0.1) is 12.5 Å².